The Morgan fingerprint density at radius 1 is 1.73 bits per heavy atom. The van der Waals surface area contributed by atoms with E-state index in [1.54, 1.807) is 11.3 Å². The van der Waals surface area contributed by atoms with Crippen molar-refractivity contribution in [1.29, 1.82) is 0 Å². The Labute approximate surface area is 70.8 Å². The van der Waals surface area contributed by atoms with Gasteiger partial charge in [0.2, 0.25) is 0 Å². The minimum absolute atomic E-state index is 0.680. The number of nitrogens with zero attached hydrogens (tertiary/aromatic N) is 1. The molecular weight excluding hydrogens is 156 g/mol. The van der Waals surface area contributed by atoms with Crippen molar-refractivity contribution < 1.29 is 0 Å². The number of hydrogen-bond acceptors (Lipinski definition) is 3. The maximum absolute atomic E-state index is 5.39. The SMILES string of the molecule is C/C=C/c1nc(CCN)cs1. The van der Waals surface area contributed by atoms with Crippen LogP contribution in [-0.2, 0) is 6.42 Å². The summed E-state index contributed by atoms with van der Waals surface area (Å²) in [5.41, 5.74) is 6.49. The van der Waals surface area contributed by atoms with E-state index < -0.39 is 0 Å². The number of hydrogen-bond donors (Lipinski definition) is 1. The van der Waals surface area contributed by atoms with Gasteiger partial charge in [0.15, 0.2) is 0 Å². The van der Waals surface area contributed by atoms with Crippen LogP contribution in [0, 0.1) is 0 Å². The predicted molar refractivity (Wildman–Crippen MR) is 49.6 cm³/mol. The average molecular weight is 168 g/mol. The molecule has 0 atom stereocenters. The molecule has 11 heavy (non-hydrogen) atoms. The molecule has 3 heteroatoms. The first-order valence-corrected chi connectivity index (χ1v) is 4.52. The molecule has 0 aromatic carbocycles. The highest BCUT2D eigenvalue weighted by Gasteiger charge is 1.96. The number of nitrogens with two attached hydrogens (primary N) is 1. The number of rotatable bonds is 3. The second-order valence-electron chi connectivity index (χ2n) is 2.22. The van der Waals surface area contributed by atoms with Gasteiger partial charge in [-0.15, -0.1) is 11.3 Å². The summed E-state index contributed by atoms with van der Waals surface area (Å²) < 4.78 is 0. The highest BCUT2D eigenvalue weighted by molar-refractivity contribution is 7.10. The molecule has 0 aliphatic heterocycles. The first-order valence-electron chi connectivity index (χ1n) is 3.64. The minimum Gasteiger partial charge on any atom is -0.330 e. The molecule has 1 aromatic heterocycles. The van der Waals surface area contributed by atoms with Crippen LogP contribution < -0.4 is 5.73 Å². The molecule has 0 amide bonds. The monoisotopic (exact) mass is 168 g/mol. The summed E-state index contributed by atoms with van der Waals surface area (Å²) in [5.74, 6) is 0. The van der Waals surface area contributed by atoms with E-state index in [9.17, 15) is 0 Å². The van der Waals surface area contributed by atoms with Crippen molar-refractivity contribution in [2.24, 2.45) is 5.73 Å². The fourth-order valence-corrected chi connectivity index (χ4v) is 1.62. The van der Waals surface area contributed by atoms with Crippen LogP contribution in [0.15, 0.2) is 11.5 Å². The molecule has 0 aliphatic rings. The summed E-state index contributed by atoms with van der Waals surface area (Å²) in [4.78, 5) is 4.34. The Hall–Kier alpha value is -0.670. The number of thiazole rings is 1. The second kappa shape index (κ2) is 4.26. The molecule has 60 valence electrons. The van der Waals surface area contributed by atoms with Crippen molar-refractivity contribution in [3.8, 4) is 0 Å². The summed E-state index contributed by atoms with van der Waals surface area (Å²) in [6, 6.07) is 0. The molecule has 0 unspecified atom stereocenters. The van der Waals surface area contributed by atoms with Gasteiger partial charge in [-0.05, 0) is 19.5 Å². The molecule has 0 saturated heterocycles. The molecular formula is C8H12N2S. The van der Waals surface area contributed by atoms with Gasteiger partial charge < -0.3 is 5.73 Å². The fourth-order valence-electron chi connectivity index (χ4n) is 0.804. The number of aromatic nitrogens is 1. The second-order valence-corrected chi connectivity index (χ2v) is 3.11. The fraction of sp³-hybridized carbons (Fsp3) is 0.375. The zero-order chi connectivity index (χ0) is 8.10. The maximum atomic E-state index is 5.39. The third kappa shape index (κ3) is 2.44. The Morgan fingerprint density at radius 2 is 2.55 bits per heavy atom. The highest BCUT2D eigenvalue weighted by Crippen LogP contribution is 2.11. The summed E-state index contributed by atoms with van der Waals surface area (Å²) in [7, 11) is 0. The van der Waals surface area contributed by atoms with Gasteiger partial charge in [0.25, 0.3) is 0 Å². The van der Waals surface area contributed by atoms with E-state index in [-0.39, 0.29) is 0 Å². The smallest absolute Gasteiger partial charge is 0.116 e. The Morgan fingerprint density at radius 3 is 3.18 bits per heavy atom. The van der Waals surface area contributed by atoms with Gasteiger partial charge in [-0.1, -0.05) is 6.08 Å². The van der Waals surface area contributed by atoms with Crippen LogP contribution in [0.2, 0.25) is 0 Å². The van der Waals surface area contributed by atoms with Crippen LogP contribution in [0.5, 0.6) is 0 Å². The lowest BCUT2D eigenvalue weighted by Gasteiger charge is -1.86. The summed E-state index contributed by atoms with van der Waals surface area (Å²) in [5, 5.41) is 3.12. The maximum Gasteiger partial charge on any atom is 0.116 e. The van der Waals surface area contributed by atoms with E-state index in [2.05, 4.69) is 10.4 Å². The van der Waals surface area contributed by atoms with E-state index in [0.717, 1.165) is 17.1 Å². The predicted octanol–water partition coefficient (Wildman–Crippen LogP) is 1.68. The van der Waals surface area contributed by atoms with E-state index in [1.165, 1.54) is 0 Å². The lowest BCUT2D eigenvalue weighted by molar-refractivity contribution is 0.934. The first-order chi connectivity index (χ1) is 5.36. The third-order valence-corrected chi connectivity index (χ3v) is 2.14. The molecule has 0 aliphatic carbocycles. The Bertz CT molecular complexity index is 240. The van der Waals surface area contributed by atoms with Crippen LogP contribution >= 0.6 is 11.3 Å². The zero-order valence-electron chi connectivity index (χ0n) is 6.58. The van der Waals surface area contributed by atoms with Gasteiger partial charge in [0.05, 0.1) is 5.69 Å². The molecule has 0 radical (unpaired) electrons. The van der Waals surface area contributed by atoms with E-state index in [4.69, 9.17) is 5.73 Å². The quantitative estimate of drug-likeness (QED) is 0.745. The number of allylic oxidation sites excluding steroid dienone is 1. The first kappa shape index (κ1) is 8.43. The molecule has 1 heterocycles. The molecule has 0 fully saturated rings. The van der Waals surface area contributed by atoms with Gasteiger partial charge in [0, 0.05) is 11.8 Å². The van der Waals surface area contributed by atoms with Crippen molar-refractivity contribution in [2.45, 2.75) is 13.3 Å². The van der Waals surface area contributed by atoms with Crippen LogP contribution in [-0.4, -0.2) is 11.5 Å². The standard InChI is InChI=1S/C8H12N2S/c1-2-3-8-10-7(4-5-9)6-11-8/h2-3,6H,4-5,9H2,1H3/b3-2+. The van der Waals surface area contributed by atoms with E-state index >= 15 is 0 Å². The topological polar surface area (TPSA) is 38.9 Å². The molecule has 0 bridgehead atoms. The van der Waals surface area contributed by atoms with Crippen molar-refractivity contribution in [1.82, 2.24) is 4.98 Å². The zero-order valence-corrected chi connectivity index (χ0v) is 7.40. The van der Waals surface area contributed by atoms with Gasteiger partial charge >= 0.3 is 0 Å². The summed E-state index contributed by atoms with van der Waals surface area (Å²) in [6.45, 7) is 2.67. The minimum atomic E-state index is 0.680. The molecule has 2 nitrogen and oxygen atoms in total. The van der Waals surface area contributed by atoms with Crippen LogP contribution in [0.4, 0.5) is 0 Å². The Balaban J connectivity index is 2.65. The molecule has 0 saturated carbocycles. The third-order valence-electron chi connectivity index (χ3n) is 1.28. The average Bonchev–Trinajstić information content (AvgIpc) is 2.38. The molecule has 2 N–H and O–H groups in total. The highest BCUT2D eigenvalue weighted by atomic mass is 32.1. The molecule has 1 rings (SSSR count). The normalized spacial score (nSPS) is 11.1. The van der Waals surface area contributed by atoms with Crippen LogP contribution in [0.1, 0.15) is 17.6 Å². The molecule has 0 spiro atoms. The lowest BCUT2D eigenvalue weighted by atomic mass is 10.3. The van der Waals surface area contributed by atoms with Gasteiger partial charge in [0.1, 0.15) is 5.01 Å². The van der Waals surface area contributed by atoms with Gasteiger partial charge in [-0.3, -0.25) is 0 Å². The van der Waals surface area contributed by atoms with Crippen molar-refractivity contribution in [3.63, 3.8) is 0 Å². The van der Waals surface area contributed by atoms with Gasteiger partial charge in [-0.25, -0.2) is 4.98 Å². The van der Waals surface area contributed by atoms with E-state index in [1.807, 2.05) is 19.1 Å². The summed E-state index contributed by atoms with van der Waals surface area (Å²) in [6.07, 6.45) is 4.88. The van der Waals surface area contributed by atoms with E-state index in [0.29, 0.717) is 6.54 Å². The molecule has 1 aromatic rings. The summed E-state index contributed by atoms with van der Waals surface area (Å²) >= 11 is 1.66. The lowest BCUT2D eigenvalue weighted by Crippen LogP contribution is -2.02. The van der Waals surface area contributed by atoms with Crippen LogP contribution in [0.3, 0.4) is 0 Å². The van der Waals surface area contributed by atoms with Gasteiger partial charge in [-0.2, -0.15) is 0 Å². The Kier molecular flexibility index (Phi) is 3.26. The van der Waals surface area contributed by atoms with Crippen LogP contribution in [0.25, 0.3) is 6.08 Å². The van der Waals surface area contributed by atoms with Crippen molar-refractivity contribution in [2.75, 3.05) is 6.54 Å². The largest absolute Gasteiger partial charge is 0.330 e. The van der Waals surface area contributed by atoms with Crippen molar-refractivity contribution >= 4 is 17.4 Å². The van der Waals surface area contributed by atoms with Crippen molar-refractivity contribution in [3.05, 3.63) is 22.2 Å².